The van der Waals surface area contributed by atoms with Gasteiger partial charge in [0.05, 0.1) is 19.3 Å². The lowest BCUT2D eigenvalue weighted by molar-refractivity contribution is 0.0161. The molecule has 1 aliphatic rings. The average molecular weight is 364 g/mol. The SMILES string of the molecule is Cc1ccc2[nH]c(C(=O)NC[C@@H](c3cccnc3)N3CCOCC3)cc2c1. The summed E-state index contributed by atoms with van der Waals surface area (Å²) < 4.78 is 5.47. The molecule has 1 aliphatic heterocycles. The van der Waals surface area contributed by atoms with E-state index in [2.05, 4.69) is 32.3 Å². The van der Waals surface area contributed by atoms with Gasteiger partial charge < -0.3 is 15.0 Å². The second-order valence-corrected chi connectivity index (χ2v) is 6.93. The molecule has 1 aromatic carbocycles. The van der Waals surface area contributed by atoms with Crippen LogP contribution in [0.3, 0.4) is 0 Å². The van der Waals surface area contributed by atoms with Crippen molar-refractivity contribution in [2.24, 2.45) is 0 Å². The summed E-state index contributed by atoms with van der Waals surface area (Å²) in [5.41, 5.74) is 3.84. The van der Waals surface area contributed by atoms with Gasteiger partial charge in [-0.2, -0.15) is 0 Å². The minimum atomic E-state index is -0.0917. The molecule has 0 aliphatic carbocycles. The molecule has 3 aromatic rings. The molecule has 0 bridgehead atoms. The molecule has 0 radical (unpaired) electrons. The molecule has 0 unspecified atom stereocenters. The molecule has 1 fully saturated rings. The van der Waals surface area contributed by atoms with Crippen molar-refractivity contribution in [3.8, 4) is 0 Å². The summed E-state index contributed by atoms with van der Waals surface area (Å²) >= 11 is 0. The molecule has 3 heterocycles. The maximum atomic E-state index is 12.7. The first-order chi connectivity index (χ1) is 13.2. The van der Waals surface area contributed by atoms with Gasteiger partial charge in [0.25, 0.3) is 5.91 Å². The van der Waals surface area contributed by atoms with Gasteiger partial charge in [-0.05, 0) is 36.8 Å². The molecule has 0 saturated carbocycles. The van der Waals surface area contributed by atoms with Gasteiger partial charge in [-0.15, -0.1) is 0 Å². The van der Waals surface area contributed by atoms with Crippen LogP contribution in [0, 0.1) is 6.92 Å². The number of nitrogens with zero attached hydrogens (tertiary/aromatic N) is 2. The number of amides is 1. The van der Waals surface area contributed by atoms with Crippen LogP contribution in [0.5, 0.6) is 0 Å². The molecule has 0 spiro atoms. The van der Waals surface area contributed by atoms with Gasteiger partial charge in [0.1, 0.15) is 5.69 Å². The van der Waals surface area contributed by atoms with E-state index in [9.17, 15) is 4.79 Å². The van der Waals surface area contributed by atoms with E-state index in [1.807, 2.05) is 37.4 Å². The van der Waals surface area contributed by atoms with Crippen LogP contribution in [0.2, 0.25) is 0 Å². The number of benzene rings is 1. The molecule has 1 atom stereocenters. The van der Waals surface area contributed by atoms with Crippen molar-refractivity contribution >= 4 is 16.8 Å². The second-order valence-electron chi connectivity index (χ2n) is 6.93. The summed E-state index contributed by atoms with van der Waals surface area (Å²) in [6.07, 6.45) is 3.64. The molecule has 2 N–H and O–H groups in total. The quantitative estimate of drug-likeness (QED) is 0.730. The third-order valence-electron chi connectivity index (χ3n) is 5.03. The monoisotopic (exact) mass is 364 g/mol. The van der Waals surface area contributed by atoms with Gasteiger partial charge in [-0.1, -0.05) is 17.7 Å². The van der Waals surface area contributed by atoms with Crippen molar-refractivity contribution in [3.63, 3.8) is 0 Å². The van der Waals surface area contributed by atoms with Crippen LogP contribution in [0.1, 0.15) is 27.7 Å². The summed E-state index contributed by atoms with van der Waals surface area (Å²) in [5, 5.41) is 4.14. The zero-order valence-corrected chi connectivity index (χ0v) is 15.4. The van der Waals surface area contributed by atoms with Gasteiger partial charge in [-0.3, -0.25) is 14.7 Å². The Labute approximate surface area is 158 Å². The highest BCUT2D eigenvalue weighted by atomic mass is 16.5. The van der Waals surface area contributed by atoms with Gasteiger partial charge in [0.15, 0.2) is 0 Å². The highest BCUT2D eigenvalue weighted by molar-refractivity contribution is 5.98. The Kier molecular flexibility index (Phi) is 5.18. The summed E-state index contributed by atoms with van der Waals surface area (Å²) in [7, 11) is 0. The fraction of sp³-hybridized carbons (Fsp3) is 0.333. The van der Waals surface area contributed by atoms with Gasteiger partial charge in [0.2, 0.25) is 0 Å². The van der Waals surface area contributed by atoms with Crippen LogP contribution >= 0.6 is 0 Å². The Bertz CT molecular complexity index is 916. The van der Waals surface area contributed by atoms with E-state index < -0.39 is 0 Å². The van der Waals surface area contributed by atoms with Crippen LogP contribution in [0.15, 0.2) is 48.8 Å². The molecule has 27 heavy (non-hydrogen) atoms. The van der Waals surface area contributed by atoms with E-state index in [0.29, 0.717) is 25.5 Å². The van der Waals surface area contributed by atoms with Crippen molar-refractivity contribution in [1.29, 1.82) is 0 Å². The van der Waals surface area contributed by atoms with E-state index in [1.54, 1.807) is 6.20 Å². The van der Waals surface area contributed by atoms with Crippen molar-refractivity contribution in [1.82, 2.24) is 20.2 Å². The zero-order valence-electron chi connectivity index (χ0n) is 15.4. The number of hydrogen-bond donors (Lipinski definition) is 2. The van der Waals surface area contributed by atoms with Crippen molar-refractivity contribution in [3.05, 3.63) is 65.6 Å². The zero-order chi connectivity index (χ0) is 18.6. The number of carbonyl (C=O) groups is 1. The number of morpholine rings is 1. The van der Waals surface area contributed by atoms with E-state index >= 15 is 0 Å². The number of hydrogen-bond acceptors (Lipinski definition) is 4. The van der Waals surface area contributed by atoms with Gasteiger partial charge in [-0.25, -0.2) is 0 Å². The molecule has 6 nitrogen and oxygen atoms in total. The first-order valence-electron chi connectivity index (χ1n) is 9.30. The standard InChI is InChI=1S/C21H24N4O2/c1-15-4-5-18-17(11-15)12-19(24-18)21(26)23-14-20(16-3-2-6-22-13-16)25-7-9-27-10-8-25/h2-6,11-13,20,24H,7-10,14H2,1H3,(H,23,26)/t20-/m0/s1. The number of carbonyl (C=O) groups excluding carboxylic acids is 1. The van der Waals surface area contributed by atoms with Gasteiger partial charge >= 0.3 is 0 Å². The van der Waals surface area contributed by atoms with E-state index in [4.69, 9.17) is 4.74 Å². The van der Waals surface area contributed by atoms with Crippen molar-refractivity contribution in [2.45, 2.75) is 13.0 Å². The van der Waals surface area contributed by atoms with Crippen LogP contribution in [0.25, 0.3) is 10.9 Å². The topological polar surface area (TPSA) is 70.2 Å². The first kappa shape index (κ1) is 17.7. The molecule has 1 amide bonds. The predicted molar refractivity (Wildman–Crippen MR) is 105 cm³/mol. The number of ether oxygens (including phenoxy) is 1. The van der Waals surface area contributed by atoms with E-state index in [1.165, 1.54) is 5.56 Å². The normalized spacial score (nSPS) is 16.3. The van der Waals surface area contributed by atoms with Crippen LogP contribution in [-0.2, 0) is 4.74 Å². The fourth-order valence-electron chi connectivity index (χ4n) is 3.58. The number of fused-ring (bicyclic) bond motifs is 1. The second kappa shape index (κ2) is 7.90. The molecular weight excluding hydrogens is 340 g/mol. The number of H-pyrrole nitrogens is 1. The molecule has 6 heteroatoms. The summed E-state index contributed by atoms with van der Waals surface area (Å²) in [5.74, 6) is -0.0917. The Morgan fingerprint density at radius 3 is 2.93 bits per heavy atom. The summed E-state index contributed by atoms with van der Waals surface area (Å²) in [6.45, 7) is 5.70. The summed E-state index contributed by atoms with van der Waals surface area (Å²) in [4.78, 5) is 22.5. The molecular formula is C21H24N4O2. The van der Waals surface area contributed by atoms with Gasteiger partial charge in [0, 0.05) is 42.9 Å². The van der Waals surface area contributed by atoms with Crippen LogP contribution in [0.4, 0.5) is 0 Å². The lowest BCUT2D eigenvalue weighted by atomic mass is 10.1. The molecule has 140 valence electrons. The molecule has 2 aromatic heterocycles. The highest BCUT2D eigenvalue weighted by Crippen LogP contribution is 2.21. The number of aromatic nitrogens is 2. The average Bonchev–Trinajstić information content (AvgIpc) is 3.13. The number of pyridine rings is 1. The lowest BCUT2D eigenvalue weighted by Gasteiger charge is -2.34. The van der Waals surface area contributed by atoms with Crippen LogP contribution < -0.4 is 5.32 Å². The molecule has 1 saturated heterocycles. The largest absolute Gasteiger partial charge is 0.379 e. The Hall–Kier alpha value is -2.70. The number of aromatic amines is 1. The first-order valence-corrected chi connectivity index (χ1v) is 9.30. The third-order valence-corrected chi connectivity index (χ3v) is 5.03. The Morgan fingerprint density at radius 1 is 1.30 bits per heavy atom. The minimum absolute atomic E-state index is 0.0816. The van der Waals surface area contributed by atoms with E-state index in [-0.39, 0.29) is 11.9 Å². The van der Waals surface area contributed by atoms with Crippen LogP contribution in [-0.4, -0.2) is 53.6 Å². The fourth-order valence-corrected chi connectivity index (χ4v) is 3.58. The number of nitrogens with one attached hydrogen (secondary N) is 2. The lowest BCUT2D eigenvalue weighted by Crippen LogP contribution is -2.43. The van der Waals surface area contributed by atoms with Crippen molar-refractivity contribution in [2.75, 3.05) is 32.8 Å². The molecule has 4 rings (SSSR count). The Balaban J connectivity index is 1.49. The summed E-state index contributed by atoms with van der Waals surface area (Å²) in [6, 6.07) is 12.1. The maximum Gasteiger partial charge on any atom is 0.267 e. The number of rotatable bonds is 5. The van der Waals surface area contributed by atoms with Crippen molar-refractivity contribution < 1.29 is 9.53 Å². The number of aryl methyl sites for hydroxylation is 1. The Morgan fingerprint density at radius 2 is 2.15 bits per heavy atom. The highest BCUT2D eigenvalue weighted by Gasteiger charge is 2.23. The maximum absolute atomic E-state index is 12.7. The minimum Gasteiger partial charge on any atom is -0.379 e. The van der Waals surface area contributed by atoms with E-state index in [0.717, 1.165) is 29.6 Å². The third kappa shape index (κ3) is 4.02. The predicted octanol–water partition coefficient (Wildman–Crippen LogP) is 2.67. The smallest absolute Gasteiger partial charge is 0.267 e.